The van der Waals surface area contributed by atoms with Gasteiger partial charge in [0.25, 0.3) is 0 Å². The lowest BCUT2D eigenvalue weighted by molar-refractivity contribution is 0.0477. The van der Waals surface area contributed by atoms with Crippen LogP contribution in [0.2, 0.25) is 0 Å². The van der Waals surface area contributed by atoms with Crippen LogP contribution in [0, 0.1) is 11.8 Å². The molecule has 0 saturated carbocycles. The average molecular weight is 312 g/mol. The second kappa shape index (κ2) is 6.81. The van der Waals surface area contributed by atoms with E-state index in [1.165, 1.54) is 38.0 Å². The number of rotatable bonds is 4. The van der Waals surface area contributed by atoms with E-state index in [1.807, 2.05) is 35.4 Å². The Balaban J connectivity index is 1.41. The predicted octanol–water partition coefficient (Wildman–Crippen LogP) is 2.52. The van der Waals surface area contributed by atoms with Gasteiger partial charge < -0.3 is 4.74 Å². The van der Waals surface area contributed by atoms with Gasteiger partial charge in [0.1, 0.15) is 0 Å². The van der Waals surface area contributed by atoms with E-state index in [0.29, 0.717) is 0 Å². The summed E-state index contributed by atoms with van der Waals surface area (Å²) in [6.07, 6.45) is 9.34. The highest BCUT2D eigenvalue weighted by atomic mass is 16.5. The smallest absolute Gasteiger partial charge is 0.0679 e. The molecule has 5 heteroatoms. The Bertz CT molecular complexity index is 621. The number of aromatic nitrogens is 3. The molecule has 0 radical (unpaired) electrons. The molecule has 0 aliphatic carbocycles. The fourth-order valence-electron chi connectivity index (χ4n) is 3.98. The van der Waals surface area contributed by atoms with Crippen LogP contribution in [0.1, 0.15) is 25.0 Å². The molecule has 2 aromatic heterocycles. The van der Waals surface area contributed by atoms with Crippen molar-refractivity contribution in [2.45, 2.75) is 25.8 Å². The fourth-order valence-corrected chi connectivity index (χ4v) is 3.98. The maximum absolute atomic E-state index is 5.51. The number of nitrogens with zero attached hydrogens (tertiary/aromatic N) is 4. The average Bonchev–Trinajstić information content (AvgIpc) is 3.26. The monoisotopic (exact) mass is 312 g/mol. The molecule has 4 rings (SSSR count). The van der Waals surface area contributed by atoms with E-state index in [0.717, 1.165) is 37.3 Å². The summed E-state index contributed by atoms with van der Waals surface area (Å²) in [5.41, 5.74) is 2.34. The van der Waals surface area contributed by atoms with Gasteiger partial charge in [0.05, 0.1) is 11.4 Å². The molecule has 1 unspecified atom stereocenters. The van der Waals surface area contributed by atoms with Crippen molar-refractivity contribution in [1.82, 2.24) is 19.7 Å². The van der Waals surface area contributed by atoms with E-state index in [9.17, 15) is 0 Å². The van der Waals surface area contributed by atoms with Gasteiger partial charge in [0.2, 0.25) is 0 Å². The number of pyridine rings is 1. The normalized spacial score (nSPS) is 23.4. The van der Waals surface area contributed by atoms with Gasteiger partial charge in [-0.25, -0.2) is 4.68 Å². The van der Waals surface area contributed by atoms with Crippen molar-refractivity contribution in [1.29, 1.82) is 0 Å². The predicted molar refractivity (Wildman–Crippen MR) is 88.3 cm³/mol. The van der Waals surface area contributed by atoms with Gasteiger partial charge >= 0.3 is 0 Å². The van der Waals surface area contributed by atoms with Gasteiger partial charge in [0, 0.05) is 44.9 Å². The lowest BCUT2D eigenvalue weighted by atomic mass is 9.85. The van der Waals surface area contributed by atoms with Crippen molar-refractivity contribution in [3.63, 3.8) is 0 Å². The number of ether oxygens (including phenoxy) is 1. The highest BCUT2D eigenvalue weighted by Crippen LogP contribution is 2.31. The number of likely N-dealkylation sites (tertiary alicyclic amines) is 1. The van der Waals surface area contributed by atoms with Crippen LogP contribution in [0.15, 0.2) is 36.8 Å². The first-order valence-corrected chi connectivity index (χ1v) is 8.63. The summed E-state index contributed by atoms with van der Waals surface area (Å²) in [6, 6.07) is 6.14. The highest BCUT2D eigenvalue weighted by Gasteiger charge is 2.30. The Labute approximate surface area is 137 Å². The maximum atomic E-state index is 5.51. The van der Waals surface area contributed by atoms with Crippen molar-refractivity contribution >= 4 is 0 Å². The molecular formula is C18H24N4O. The van der Waals surface area contributed by atoms with E-state index in [-0.39, 0.29) is 0 Å². The number of hydrogen-bond acceptors (Lipinski definition) is 4. The van der Waals surface area contributed by atoms with E-state index in [1.54, 1.807) is 0 Å². The Morgan fingerprint density at radius 2 is 1.83 bits per heavy atom. The highest BCUT2D eigenvalue weighted by molar-refractivity contribution is 5.30. The molecule has 0 aromatic carbocycles. The largest absolute Gasteiger partial charge is 0.381 e. The molecule has 0 N–H and O–H groups in total. The van der Waals surface area contributed by atoms with Crippen molar-refractivity contribution in [3.8, 4) is 5.69 Å². The van der Waals surface area contributed by atoms with Crippen molar-refractivity contribution in [2.75, 3.05) is 26.3 Å². The molecule has 0 bridgehead atoms. The summed E-state index contributed by atoms with van der Waals surface area (Å²) in [5.74, 6) is 1.70. The molecule has 122 valence electrons. The van der Waals surface area contributed by atoms with Gasteiger partial charge in [-0.1, -0.05) is 0 Å². The zero-order valence-corrected chi connectivity index (χ0v) is 13.5. The zero-order valence-electron chi connectivity index (χ0n) is 13.5. The van der Waals surface area contributed by atoms with Crippen LogP contribution >= 0.6 is 0 Å². The Kier molecular flexibility index (Phi) is 4.39. The molecule has 1 atom stereocenters. The molecule has 2 aromatic rings. The standard InChI is InChI=1S/C18H24N4O/c1-7-19-8-2-17(1)22-18(3-9-20-22)14-21-10-4-16(13-21)15-5-11-23-12-6-15/h1-3,7-9,15-16H,4-6,10-14H2. The second-order valence-electron chi connectivity index (χ2n) is 6.67. The summed E-state index contributed by atoms with van der Waals surface area (Å²) in [4.78, 5) is 6.67. The van der Waals surface area contributed by atoms with Crippen LogP contribution in [-0.4, -0.2) is 46.0 Å². The van der Waals surface area contributed by atoms with Gasteiger partial charge in [-0.15, -0.1) is 0 Å². The topological polar surface area (TPSA) is 43.2 Å². The minimum Gasteiger partial charge on any atom is -0.381 e. The SMILES string of the molecule is c1cc(-n2nccc2CN2CCC(C3CCOCC3)C2)ccn1. The fraction of sp³-hybridized carbons (Fsp3) is 0.556. The quantitative estimate of drug-likeness (QED) is 0.870. The van der Waals surface area contributed by atoms with Crippen LogP contribution < -0.4 is 0 Å². The summed E-state index contributed by atoms with van der Waals surface area (Å²) < 4.78 is 7.54. The zero-order chi connectivity index (χ0) is 15.5. The Morgan fingerprint density at radius 1 is 1.00 bits per heavy atom. The summed E-state index contributed by atoms with van der Waals surface area (Å²) in [5, 5.41) is 4.48. The van der Waals surface area contributed by atoms with Gasteiger partial charge in [-0.2, -0.15) is 5.10 Å². The summed E-state index contributed by atoms with van der Waals surface area (Å²) in [7, 11) is 0. The molecule has 0 spiro atoms. The number of hydrogen-bond donors (Lipinski definition) is 0. The lowest BCUT2D eigenvalue weighted by Crippen LogP contribution is -2.27. The molecule has 2 aliphatic heterocycles. The van der Waals surface area contributed by atoms with Crippen molar-refractivity contribution in [3.05, 3.63) is 42.5 Å². The Hall–Kier alpha value is -1.72. The molecule has 2 saturated heterocycles. The van der Waals surface area contributed by atoms with Crippen LogP contribution in [0.4, 0.5) is 0 Å². The molecule has 23 heavy (non-hydrogen) atoms. The van der Waals surface area contributed by atoms with E-state index in [2.05, 4.69) is 21.0 Å². The summed E-state index contributed by atoms with van der Waals surface area (Å²) in [6.45, 7) is 5.30. The van der Waals surface area contributed by atoms with Gasteiger partial charge in [-0.05, 0) is 55.8 Å². The van der Waals surface area contributed by atoms with Gasteiger partial charge in [0.15, 0.2) is 0 Å². The first-order chi connectivity index (χ1) is 11.4. The molecule has 4 heterocycles. The third-order valence-corrected chi connectivity index (χ3v) is 5.26. The maximum Gasteiger partial charge on any atom is 0.0679 e. The third-order valence-electron chi connectivity index (χ3n) is 5.26. The first kappa shape index (κ1) is 14.8. The first-order valence-electron chi connectivity index (χ1n) is 8.63. The van der Waals surface area contributed by atoms with Crippen LogP contribution in [0.5, 0.6) is 0 Å². The van der Waals surface area contributed by atoms with E-state index >= 15 is 0 Å². The molecule has 5 nitrogen and oxygen atoms in total. The van der Waals surface area contributed by atoms with Crippen molar-refractivity contribution < 1.29 is 4.74 Å². The van der Waals surface area contributed by atoms with E-state index < -0.39 is 0 Å². The van der Waals surface area contributed by atoms with Crippen LogP contribution in [0.3, 0.4) is 0 Å². The minimum absolute atomic E-state index is 0.844. The second-order valence-corrected chi connectivity index (χ2v) is 6.67. The summed E-state index contributed by atoms with van der Waals surface area (Å²) >= 11 is 0. The minimum atomic E-state index is 0.844. The molecule has 2 aliphatic rings. The molecule has 0 amide bonds. The van der Waals surface area contributed by atoms with Gasteiger partial charge in [-0.3, -0.25) is 9.88 Å². The molecular weight excluding hydrogens is 288 g/mol. The third kappa shape index (κ3) is 3.31. The van der Waals surface area contributed by atoms with Crippen LogP contribution in [0.25, 0.3) is 5.69 Å². The van der Waals surface area contributed by atoms with Crippen molar-refractivity contribution in [2.24, 2.45) is 11.8 Å². The Morgan fingerprint density at radius 3 is 2.65 bits per heavy atom. The lowest BCUT2D eigenvalue weighted by Gasteiger charge is -2.27. The van der Waals surface area contributed by atoms with Crippen LogP contribution in [-0.2, 0) is 11.3 Å². The van der Waals surface area contributed by atoms with E-state index in [4.69, 9.17) is 4.74 Å². The molecule has 2 fully saturated rings.